The number of carbonyl (C=O) groups excluding carboxylic acids is 2. The molecular weight excluding hydrogens is 444 g/mol. The van der Waals surface area contributed by atoms with E-state index in [1.807, 2.05) is 26.0 Å². The fourth-order valence-corrected chi connectivity index (χ4v) is 4.31. The van der Waals surface area contributed by atoms with Crippen LogP contribution in [0.4, 0.5) is 0 Å². The van der Waals surface area contributed by atoms with Gasteiger partial charge >= 0.3 is 0 Å². The summed E-state index contributed by atoms with van der Waals surface area (Å²) >= 11 is 0. The van der Waals surface area contributed by atoms with Crippen molar-refractivity contribution >= 4 is 11.8 Å². The number of aliphatic hydroxyl groups is 1. The average Bonchev–Trinajstić information content (AvgIpc) is 3.69. The van der Waals surface area contributed by atoms with Crippen molar-refractivity contribution in [3.63, 3.8) is 0 Å². The van der Waals surface area contributed by atoms with E-state index in [-0.39, 0.29) is 42.4 Å². The molecule has 1 aromatic heterocycles. The molecule has 0 spiro atoms. The van der Waals surface area contributed by atoms with Crippen LogP contribution in [-0.2, 0) is 4.79 Å². The van der Waals surface area contributed by atoms with E-state index in [9.17, 15) is 14.7 Å². The van der Waals surface area contributed by atoms with E-state index in [4.69, 9.17) is 10.00 Å². The van der Waals surface area contributed by atoms with Gasteiger partial charge in [0.1, 0.15) is 11.7 Å². The Hall–Kier alpha value is -3.44. The zero-order chi connectivity index (χ0) is 25.1. The van der Waals surface area contributed by atoms with Crippen LogP contribution in [-0.4, -0.2) is 70.6 Å². The van der Waals surface area contributed by atoms with Gasteiger partial charge in [0.25, 0.3) is 5.91 Å². The number of fused-ring (bicyclic) bond motifs is 1. The highest BCUT2D eigenvalue weighted by Gasteiger charge is 2.35. The first-order valence-electron chi connectivity index (χ1n) is 12.1. The summed E-state index contributed by atoms with van der Waals surface area (Å²) in [5.74, 6) is 0.487. The van der Waals surface area contributed by atoms with Crippen LogP contribution in [0.1, 0.15) is 49.0 Å². The molecule has 0 unspecified atom stereocenters. The number of nitrogens with zero attached hydrogens (tertiary/aromatic N) is 4. The van der Waals surface area contributed by atoms with Crippen LogP contribution >= 0.6 is 0 Å². The minimum atomic E-state index is -0.385. The molecule has 1 saturated carbocycles. The van der Waals surface area contributed by atoms with Crippen molar-refractivity contribution in [2.24, 2.45) is 11.8 Å². The first kappa shape index (κ1) is 24.7. The van der Waals surface area contributed by atoms with E-state index >= 15 is 0 Å². The van der Waals surface area contributed by atoms with Gasteiger partial charge in [-0.2, -0.15) is 5.26 Å². The van der Waals surface area contributed by atoms with Crippen molar-refractivity contribution in [1.82, 2.24) is 14.8 Å². The van der Waals surface area contributed by atoms with Gasteiger partial charge in [0.05, 0.1) is 30.8 Å². The Morgan fingerprint density at radius 1 is 1.31 bits per heavy atom. The third-order valence-electron chi connectivity index (χ3n) is 6.91. The maximum Gasteiger partial charge on any atom is 0.259 e. The number of likely N-dealkylation sites (N-methyl/N-ethyl adjacent to an activating group) is 1. The number of amides is 2. The van der Waals surface area contributed by atoms with Crippen LogP contribution in [0.5, 0.6) is 5.88 Å². The van der Waals surface area contributed by atoms with E-state index in [0.717, 1.165) is 24.0 Å². The quantitative estimate of drug-likeness (QED) is 0.658. The van der Waals surface area contributed by atoms with Gasteiger partial charge in [-0.05, 0) is 49.4 Å². The van der Waals surface area contributed by atoms with Crippen molar-refractivity contribution in [2.75, 3.05) is 26.7 Å². The summed E-state index contributed by atoms with van der Waals surface area (Å²) in [5, 5.41) is 18.9. The van der Waals surface area contributed by atoms with E-state index in [2.05, 4.69) is 11.1 Å². The van der Waals surface area contributed by atoms with E-state index in [1.54, 1.807) is 41.2 Å². The third-order valence-corrected chi connectivity index (χ3v) is 6.91. The molecule has 4 rings (SSSR count). The van der Waals surface area contributed by atoms with Gasteiger partial charge in [0.15, 0.2) is 0 Å². The lowest BCUT2D eigenvalue weighted by atomic mass is 9.99. The molecule has 3 atom stereocenters. The van der Waals surface area contributed by atoms with Gasteiger partial charge in [0.2, 0.25) is 11.8 Å². The number of pyridine rings is 1. The Balaban J connectivity index is 1.66. The maximum atomic E-state index is 13.6. The standard InChI is InChI=1S/C27H32N4O4/c1-17-14-31(18(2)16-32)27(34)23-11-22(21-8-6-20(12-28)7-9-21)13-29-26(23)35-24(17)15-30(3)25(33)10-19-4-5-19/h6-9,11,13,17-19,24,32H,4-5,10,14-16H2,1-3H3/t17-,18-,24-/m0/s1. The van der Waals surface area contributed by atoms with Crippen molar-refractivity contribution in [2.45, 2.75) is 45.3 Å². The molecule has 1 aromatic carbocycles. The molecule has 1 fully saturated rings. The summed E-state index contributed by atoms with van der Waals surface area (Å²) in [6, 6.07) is 10.5. The summed E-state index contributed by atoms with van der Waals surface area (Å²) in [6.45, 7) is 4.41. The number of ether oxygens (including phenoxy) is 1. The molecule has 8 heteroatoms. The molecule has 1 aliphatic carbocycles. The van der Waals surface area contributed by atoms with E-state index in [0.29, 0.717) is 36.6 Å². The van der Waals surface area contributed by atoms with Gasteiger partial charge in [-0.3, -0.25) is 9.59 Å². The lowest BCUT2D eigenvalue weighted by Gasteiger charge is -2.37. The van der Waals surface area contributed by atoms with Crippen LogP contribution in [0.25, 0.3) is 11.1 Å². The number of hydrogen-bond acceptors (Lipinski definition) is 6. The van der Waals surface area contributed by atoms with Crippen LogP contribution in [0.2, 0.25) is 0 Å². The van der Waals surface area contributed by atoms with Crippen LogP contribution in [0.3, 0.4) is 0 Å². The number of aliphatic hydroxyl groups excluding tert-OH is 1. The molecule has 0 bridgehead atoms. The highest BCUT2D eigenvalue weighted by Crippen LogP contribution is 2.33. The fourth-order valence-electron chi connectivity index (χ4n) is 4.31. The zero-order valence-corrected chi connectivity index (χ0v) is 20.5. The Morgan fingerprint density at radius 2 is 2.03 bits per heavy atom. The Labute approximate surface area is 206 Å². The molecule has 35 heavy (non-hydrogen) atoms. The van der Waals surface area contributed by atoms with Crippen LogP contribution < -0.4 is 4.74 Å². The number of carbonyl (C=O) groups is 2. The zero-order valence-electron chi connectivity index (χ0n) is 20.5. The first-order chi connectivity index (χ1) is 16.8. The van der Waals surface area contributed by atoms with Crippen molar-refractivity contribution in [1.29, 1.82) is 5.26 Å². The summed E-state index contributed by atoms with van der Waals surface area (Å²) in [7, 11) is 1.79. The van der Waals surface area contributed by atoms with Crippen LogP contribution in [0.15, 0.2) is 36.5 Å². The molecular formula is C27H32N4O4. The van der Waals surface area contributed by atoms with Crippen molar-refractivity contribution in [3.8, 4) is 23.1 Å². The second kappa shape index (κ2) is 10.4. The van der Waals surface area contributed by atoms with Crippen molar-refractivity contribution < 1.29 is 19.4 Å². The normalized spacial score (nSPS) is 20.7. The predicted molar refractivity (Wildman–Crippen MR) is 131 cm³/mol. The number of benzene rings is 1. The summed E-state index contributed by atoms with van der Waals surface area (Å²) in [6.07, 6.45) is 4.08. The molecule has 2 aromatic rings. The largest absolute Gasteiger partial charge is 0.472 e. The third kappa shape index (κ3) is 5.63. The van der Waals surface area contributed by atoms with Gasteiger partial charge < -0.3 is 19.6 Å². The maximum absolute atomic E-state index is 13.6. The molecule has 1 aliphatic heterocycles. The summed E-state index contributed by atoms with van der Waals surface area (Å²) in [5.41, 5.74) is 2.42. The van der Waals surface area contributed by atoms with Crippen molar-refractivity contribution in [3.05, 3.63) is 47.7 Å². The second-order valence-corrected chi connectivity index (χ2v) is 9.81. The topological polar surface area (TPSA) is 107 Å². The number of rotatable bonds is 7. The monoisotopic (exact) mass is 476 g/mol. The first-order valence-corrected chi connectivity index (χ1v) is 12.1. The molecule has 2 heterocycles. The number of hydrogen-bond donors (Lipinski definition) is 1. The number of aromatic nitrogens is 1. The second-order valence-electron chi connectivity index (χ2n) is 9.81. The molecule has 184 valence electrons. The van der Waals surface area contributed by atoms with Crippen LogP contribution in [0, 0.1) is 23.2 Å². The van der Waals surface area contributed by atoms with E-state index < -0.39 is 0 Å². The van der Waals surface area contributed by atoms with Gasteiger partial charge in [0, 0.05) is 37.7 Å². The molecule has 0 radical (unpaired) electrons. The predicted octanol–water partition coefficient (Wildman–Crippen LogP) is 3.10. The molecule has 2 amide bonds. The smallest absolute Gasteiger partial charge is 0.259 e. The summed E-state index contributed by atoms with van der Waals surface area (Å²) < 4.78 is 6.29. The lowest BCUT2D eigenvalue weighted by Crippen LogP contribution is -2.50. The van der Waals surface area contributed by atoms with Gasteiger partial charge in [-0.15, -0.1) is 0 Å². The molecule has 0 saturated heterocycles. The number of nitriles is 1. The highest BCUT2D eigenvalue weighted by molar-refractivity contribution is 5.98. The highest BCUT2D eigenvalue weighted by atomic mass is 16.5. The minimum absolute atomic E-state index is 0.0859. The van der Waals surface area contributed by atoms with Gasteiger partial charge in [-0.25, -0.2) is 4.98 Å². The SMILES string of the molecule is C[C@H]1CN([C@@H](C)CO)C(=O)c2cc(-c3ccc(C#N)cc3)cnc2O[C@H]1CN(C)C(=O)CC1CC1. The Kier molecular flexibility index (Phi) is 7.37. The Morgan fingerprint density at radius 3 is 2.66 bits per heavy atom. The lowest BCUT2D eigenvalue weighted by molar-refractivity contribution is -0.131. The van der Waals surface area contributed by atoms with Gasteiger partial charge in [-0.1, -0.05) is 19.1 Å². The summed E-state index contributed by atoms with van der Waals surface area (Å²) in [4.78, 5) is 34.1. The molecule has 2 aliphatic rings. The molecule has 8 nitrogen and oxygen atoms in total. The fraction of sp³-hybridized carbons (Fsp3) is 0.481. The average molecular weight is 477 g/mol. The van der Waals surface area contributed by atoms with E-state index in [1.165, 1.54) is 0 Å². The molecule has 1 N–H and O–H groups in total. The Bertz CT molecular complexity index is 1120. The minimum Gasteiger partial charge on any atom is -0.472 e.